The summed E-state index contributed by atoms with van der Waals surface area (Å²) in [6.45, 7) is 11.4. The molecular formula is C37H54N8O4. The Bertz CT molecular complexity index is 1520. The van der Waals surface area contributed by atoms with Crippen molar-refractivity contribution in [1.82, 2.24) is 39.9 Å². The van der Waals surface area contributed by atoms with Gasteiger partial charge >= 0.3 is 0 Å². The molecule has 0 aliphatic carbocycles. The summed E-state index contributed by atoms with van der Waals surface area (Å²) in [5.74, 6) is 0.919. The number of carbonyl (C=O) groups excluding carboxylic acids is 3. The van der Waals surface area contributed by atoms with E-state index in [0.717, 1.165) is 63.3 Å². The molecule has 0 unspecified atom stereocenters. The van der Waals surface area contributed by atoms with E-state index < -0.39 is 11.6 Å². The average molecular weight is 675 g/mol. The maximum atomic E-state index is 14.5. The molecule has 6 fully saturated rings. The predicted molar refractivity (Wildman–Crippen MR) is 185 cm³/mol. The summed E-state index contributed by atoms with van der Waals surface area (Å²) in [5.41, 5.74) is 1.31. The molecule has 6 saturated heterocycles. The van der Waals surface area contributed by atoms with Gasteiger partial charge < -0.3 is 19.9 Å². The van der Waals surface area contributed by atoms with Crippen LogP contribution in [0.25, 0.3) is 0 Å². The van der Waals surface area contributed by atoms with Crippen LogP contribution in [0.4, 0.5) is 0 Å². The smallest absolute Gasteiger partial charge is 0.245 e. The number of amides is 3. The normalized spacial score (nSPS) is 27.6. The number of aromatic nitrogens is 3. The predicted octanol–water partition coefficient (Wildman–Crippen LogP) is 3.13. The maximum Gasteiger partial charge on any atom is 0.245 e. The van der Waals surface area contributed by atoms with E-state index >= 15 is 0 Å². The standard InChI is InChI=1S/C37H54N8O4/c1-36(2,3)32-25-45(40-39-32)28-12-18-44-31(22-28)35(48)42-16-10-27(11-17-42)43-15-6-9-30(43)34(47)38-37(23-33(44)46)13-19-41(20-14-37)24-26-7-5-8-29(21-26)49-4/h5,7-8,21,25,27-28,30-31H,6,9-20,22-24H2,1-4H3,(H,38,47)/t28-,30+,31+/m1/s1. The molecule has 49 heavy (non-hydrogen) atoms. The van der Waals surface area contributed by atoms with Crippen LogP contribution in [0.1, 0.15) is 95.9 Å². The average Bonchev–Trinajstić information content (AvgIpc) is 3.80. The van der Waals surface area contributed by atoms with Gasteiger partial charge in [0.1, 0.15) is 11.8 Å². The fourth-order valence-corrected chi connectivity index (χ4v) is 8.90. The van der Waals surface area contributed by atoms with Gasteiger partial charge in [-0.25, -0.2) is 4.68 Å². The highest BCUT2D eigenvalue weighted by atomic mass is 16.5. The van der Waals surface area contributed by atoms with Gasteiger partial charge in [-0.1, -0.05) is 38.1 Å². The third kappa shape index (κ3) is 7.08. The number of nitrogens with one attached hydrogen (secondary N) is 1. The zero-order valence-electron chi connectivity index (χ0n) is 29.8. The van der Waals surface area contributed by atoms with E-state index in [2.05, 4.69) is 58.3 Å². The van der Waals surface area contributed by atoms with Crippen molar-refractivity contribution in [2.75, 3.05) is 46.4 Å². The Morgan fingerprint density at radius 3 is 2.41 bits per heavy atom. The van der Waals surface area contributed by atoms with Crippen LogP contribution in [0, 0.1) is 0 Å². The van der Waals surface area contributed by atoms with E-state index in [-0.39, 0.29) is 47.7 Å². The lowest BCUT2D eigenvalue weighted by Crippen LogP contribution is -2.63. The lowest BCUT2D eigenvalue weighted by Gasteiger charge is -2.47. The molecule has 3 amide bonds. The number of carbonyl (C=O) groups is 3. The second-order valence-electron chi connectivity index (χ2n) is 16.1. The Morgan fingerprint density at radius 1 is 0.939 bits per heavy atom. The minimum atomic E-state index is -0.658. The van der Waals surface area contributed by atoms with Crippen molar-refractivity contribution in [2.45, 2.75) is 120 Å². The summed E-state index contributed by atoms with van der Waals surface area (Å²) >= 11 is 0. The Balaban J connectivity index is 1.15. The minimum absolute atomic E-state index is 0.0168. The number of rotatable bonds is 4. The first-order valence-electron chi connectivity index (χ1n) is 18.5. The van der Waals surface area contributed by atoms with Gasteiger partial charge in [0.05, 0.1) is 36.8 Å². The number of ether oxygens (including phenoxy) is 1. The van der Waals surface area contributed by atoms with Gasteiger partial charge in [0.2, 0.25) is 17.7 Å². The highest BCUT2D eigenvalue weighted by Crippen LogP contribution is 2.35. The number of methoxy groups -OCH3 is 1. The first-order valence-corrected chi connectivity index (χ1v) is 18.5. The summed E-state index contributed by atoms with van der Waals surface area (Å²) < 4.78 is 7.36. The van der Waals surface area contributed by atoms with Gasteiger partial charge in [-0.3, -0.25) is 24.2 Å². The van der Waals surface area contributed by atoms with E-state index in [4.69, 9.17) is 4.74 Å². The quantitative estimate of drug-likeness (QED) is 0.527. The number of piperidine rings is 3. The van der Waals surface area contributed by atoms with E-state index in [1.165, 1.54) is 5.56 Å². The molecule has 266 valence electrons. The molecule has 6 aliphatic heterocycles. The number of hydrogen-bond donors (Lipinski definition) is 1. The SMILES string of the molecule is COc1cccc(CN2CCC3(CC2)CC(=O)N2CC[C@@H](n4cc(C(C)(C)C)nn4)C[C@H]2C(=O)N2CCC(CC2)N2CCC[C@H]2C(=O)N3)c1. The molecule has 12 heteroatoms. The number of likely N-dealkylation sites (tertiary alicyclic amines) is 1. The van der Waals surface area contributed by atoms with Crippen LogP contribution in [-0.2, 0) is 26.3 Å². The molecule has 1 aromatic carbocycles. The lowest BCUT2D eigenvalue weighted by atomic mass is 9.82. The number of fused-ring (bicyclic) bond motifs is 4. The summed E-state index contributed by atoms with van der Waals surface area (Å²) in [6.07, 6.45) is 8.32. The number of nitrogens with zero attached hydrogens (tertiary/aromatic N) is 7. The molecule has 1 aromatic heterocycles. The molecule has 7 heterocycles. The Hall–Kier alpha value is -3.51. The monoisotopic (exact) mass is 674 g/mol. The minimum Gasteiger partial charge on any atom is -0.497 e. The van der Waals surface area contributed by atoms with Crippen LogP contribution in [-0.4, -0.2) is 122 Å². The van der Waals surface area contributed by atoms with E-state index in [1.807, 2.05) is 32.8 Å². The molecule has 8 rings (SSSR count). The van der Waals surface area contributed by atoms with E-state index in [0.29, 0.717) is 45.3 Å². The van der Waals surface area contributed by atoms with Gasteiger partial charge in [-0.15, -0.1) is 5.10 Å². The fourth-order valence-electron chi connectivity index (χ4n) is 8.90. The van der Waals surface area contributed by atoms with Crippen molar-refractivity contribution >= 4 is 17.7 Å². The van der Waals surface area contributed by atoms with Crippen LogP contribution in [0.5, 0.6) is 5.75 Å². The molecule has 0 saturated carbocycles. The zero-order valence-corrected chi connectivity index (χ0v) is 29.8. The lowest BCUT2D eigenvalue weighted by molar-refractivity contribution is -0.152. The van der Waals surface area contributed by atoms with Crippen molar-refractivity contribution in [3.8, 4) is 5.75 Å². The van der Waals surface area contributed by atoms with Crippen LogP contribution in [0.3, 0.4) is 0 Å². The van der Waals surface area contributed by atoms with Gasteiger partial charge in [0, 0.05) is 56.9 Å². The van der Waals surface area contributed by atoms with Crippen molar-refractivity contribution < 1.29 is 19.1 Å². The molecule has 1 spiro atoms. The molecule has 6 aliphatic rings. The number of hydrogen-bond acceptors (Lipinski definition) is 8. The summed E-state index contributed by atoms with van der Waals surface area (Å²) in [5, 5.41) is 12.5. The molecule has 0 radical (unpaired) electrons. The summed E-state index contributed by atoms with van der Waals surface area (Å²) in [6, 6.07) is 7.68. The van der Waals surface area contributed by atoms with Crippen molar-refractivity contribution in [2.24, 2.45) is 0 Å². The highest BCUT2D eigenvalue weighted by Gasteiger charge is 2.47. The Labute approximate surface area is 290 Å². The Morgan fingerprint density at radius 2 is 1.69 bits per heavy atom. The van der Waals surface area contributed by atoms with Crippen LogP contribution >= 0.6 is 0 Å². The van der Waals surface area contributed by atoms with Crippen molar-refractivity contribution in [1.29, 1.82) is 0 Å². The highest BCUT2D eigenvalue weighted by molar-refractivity contribution is 5.89. The van der Waals surface area contributed by atoms with Gasteiger partial charge in [-0.05, 0) is 75.6 Å². The molecule has 12 nitrogen and oxygen atoms in total. The third-order valence-corrected chi connectivity index (χ3v) is 11.9. The second-order valence-corrected chi connectivity index (χ2v) is 16.1. The summed E-state index contributed by atoms with van der Waals surface area (Å²) in [4.78, 5) is 51.7. The van der Waals surface area contributed by atoms with Gasteiger partial charge in [0.15, 0.2) is 0 Å². The molecule has 1 N–H and O–H groups in total. The molecular weight excluding hydrogens is 620 g/mol. The van der Waals surface area contributed by atoms with Crippen molar-refractivity contribution in [3.05, 3.63) is 41.7 Å². The maximum absolute atomic E-state index is 14.5. The zero-order chi connectivity index (χ0) is 34.3. The third-order valence-electron chi connectivity index (χ3n) is 11.9. The van der Waals surface area contributed by atoms with Crippen LogP contribution in [0.15, 0.2) is 30.5 Å². The topological polar surface area (TPSA) is 116 Å². The molecule has 2 bridgehead atoms. The molecule has 3 atom stereocenters. The van der Waals surface area contributed by atoms with Crippen molar-refractivity contribution in [3.63, 3.8) is 0 Å². The Kier molecular flexibility index (Phi) is 9.47. The first kappa shape index (κ1) is 34.0. The fraction of sp³-hybridized carbons (Fsp3) is 0.703. The van der Waals surface area contributed by atoms with Crippen LogP contribution < -0.4 is 10.1 Å². The largest absolute Gasteiger partial charge is 0.497 e. The van der Waals surface area contributed by atoms with Crippen LogP contribution in [0.2, 0.25) is 0 Å². The van der Waals surface area contributed by atoms with Gasteiger partial charge in [-0.2, -0.15) is 0 Å². The number of benzene rings is 1. The first-order chi connectivity index (χ1) is 23.5. The summed E-state index contributed by atoms with van der Waals surface area (Å²) in [7, 11) is 1.68. The van der Waals surface area contributed by atoms with E-state index in [9.17, 15) is 14.4 Å². The van der Waals surface area contributed by atoms with Gasteiger partial charge in [0.25, 0.3) is 0 Å². The molecule has 2 aromatic rings. The van der Waals surface area contributed by atoms with E-state index in [1.54, 1.807) is 7.11 Å². The second kappa shape index (κ2) is 13.7.